The number of hydrogen-bond donors (Lipinski definition) is 0. The maximum atomic E-state index is 3.61. The monoisotopic (exact) mass is 437 g/mol. The van der Waals surface area contributed by atoms with Gasteiger partial charge in [0.1, 0.15) is 0 Å². The van der Waals surface area contributed by atoms with Gasteiger partial charge in [-0.1, -0.05) is 49.7 Å². The molecule has 1 heterocycles. The second-order valence-corrected chi connectivity index (χ2v) is 8.51. The molecule has 0 saturated heterocycles. The number of benzene rings is 2. The van der Waals surface area contributed by atoms with Crippen molar-refractivity contribution in [1.29, 1.82) is 0 Å². The lowest BCUT2D eigenvalue weighted by Gasteiger charge is -2.23. The summed E-state index contributed by atoms with van der Waals surface area (Å²) in [5, 5.41) is 0. The Labute approximate surface area is 153 Å². The Balaban J connectivity index is 2.09. The van der Waals surface area contributed by atoms with E-state index in [0.29, 0.717) is 0 Å². The van der Waals surface area contributed by atoms with Crippen LogP contribution in [0.15, 0.2) is 61.2 Å². The third kappa shape index (κ3) is 3.51. The summed E-state index contributed by atoms with van der Waals surface area (Å²) in [6.45, 7) is 1.06. The van der Waals surface area contributed by atoms with Gasteiger partial charge < -0.3 is 4.90 Å². The summed E-state index contributed by atoms with van der Waals surface area (Å²) in [7, 11) is 4.23. The quantitative estimate of drug-likeness (QED) is 0.488. The fourth-order valence-electron chi connectivity index (χ4n) is 2.55. The van der Waals surface area contributed by atoms with Crippen molar-refractivity contribution in [2.75, 3.05) is 20.6 Å². The molecule has 114 valence electrons. The van der Waals surface area contributed by atoms with Crippen LogP contribution in [-0.4, -0.2) is 25.5 Å². The van der Waals surface area contributed by atoms with Crippen molar-refractivity contribution < 1.29 is 0 Å². The normalized spacial score (nSPS) is 13.0. The predicted molar refractivity (Wildman–Crippen MR) is 103 cm³/mol. The number of halogens is 2. The number of rotatable bonds is 3. The van der Waals surface area contributed by atoms with E-state index in [1.54, 1.807) is 0 Å². The van der Waals surface area contributed by atoms with Crippen LogP contribution < -0.4 is 0 Å². The van der Waals surface area contributed by atoms with Crippen molar-refractivity contribution in [1.82, 2.24) is 4.90 Å². The highest BCUT2D eigenvalue weighted by molar-refractivity contribution is 9.10. The van der Waals surface area contributed by atoms with Crippen molar-refractivity contribution in [3.63, 3.8) is 0 Å². The average Bonchev–Trinajstić information content (AvgIpc) is 2.47. The van der Waals surface area contributed by atoms with E-state index in [4.69, 9.17) is 0 Å². The van der Waals surface area contributed by atoms with Gasteiger partial charge in [0, 0.05) is 25.3 Å². The Morgan fingerprint density at radius 3 is 2.00 bits per heavy atom. The minimum atomic E-state index is 1.05. The SMILES string of the molecule is CN(C)CCC=C1c2cc(Br)ccc2Sc2ccc(Br)cc21. The predicted octanol–water partition coefficient (Wildman–Crippen LogP) is 6.06. The molecule has 0 atom stereocenters. The van der Waals surface area contributed by atoms with Crippen LogP contribution in [0.25, 0.3) is 5.57 Å². The molecule has 2 aromatic carbocycles. The molecule has 1 aliphatic rings. The molecule has 2 aromatic rings. The largest absolute Gasteiger partial charge is 0.309 e. The van der Waals surface area contributed by atoms with Gasteiger partial charge in [-0.15, -0.1) is 0 Å². The molecule has 0 fully saturated rings. The van der Waals surface area contributed by atoms with Crippen LogP contribution in [-0.2, 0) is 0 Å². The molecular weight excluding hydrogens is 422 g/mol. The number of fused-ring (bicyclic) bond motifs is 2. The molecule has 0 saturated carbocycles. The molecule has 4 heteroatoms. The van der Waals surface area contributed by atoms with E-state index in [0.717, 1.165) is 21.9 Å². The van der Waals surface area contributed by atoms with Crippen LogP contribution in [0, 0.1) is 0 Å². The third-order valence-electron chi connectivity index (χ3n) is 3.61. The molecule has 0 spiro atoms. The standard InChI is InChI=1S/C18H17Br2NS/c1-21(2)9-3-4-14-15-10-12(19)5-7-17(15)22-18-8-6-13(20)11-16(14)18/h4-8,10-11H,3,9H2,1-2H3. The van der Waals surface area contributed by atoms with Gasteiger partial charge in [0.25, 0.3) is 0 Å². The molecule has 0 radical (unpaired) electrons. The Bertz CT molecular complexity index is 684. The molecular formula is C18H17Br2NS. The van der Waals surface area contributed by atoms with Crippen LogP contribution >= 0.6 is 43.6 Å². The van der Waals surface area contributed by atoms with Gasteiger partial charge in [-0.05, 0) is 73.6 Å². The molecule has 0 amide bonds. The second-order valence-electron chi connectivity index (χ2n) is 5.59. The summed E-state index contributed by atoms with van der Waals surface area (Å²) in [6, 6.07) is 13.1. The highest BCUT2D eigenvalue weighted by Crippen LogP contribution is 2.46. The van der Waals surface area contributed by atoms with Gasteiger partial charge in [-0.3, -0.25) is 0 Å². The average molecular weight is 439 g/mol. The lowest BCUT2D eigenvalue weighted by Crippen LogP contribution is -2.12. The summed E-state index contributed by atoms with van der Waals surface area (Å²) in [4.78, 5) is 4.88. The summed E-state index contributed by atoms with van der Waals surface area (Å²) >= 11 is 9.07. The zero-order chi connectivity index (χ0) is 15.7. The van der Waals surface area contributed by atoms with Crippen LogP contribution in [0.1, 0.15) is 17.5 Å². The highest BCUT2D eigenvalue weighted by Gasteiger charge is 2.21. The highest BCUT2D eigenvalue weighted by atomic mass is 79.9. The van der Waals surface area contributed by atoms with E-state index >= 15 is 0 Å². The van der Waals surface area contributed by atoms with Crippen LogP contribution in [0.5, 0.6) is 0 Å². The first-order valence-corrected chi connectivity index (χ1v) is 9.57. The van der Waals surface area contributed by atoms with E-state index in [2.05, 4.69) is 93.3 Å². The summed E-state index contributed by atoms with van der Waals surface area (Å²) < 4.78 is 2.26. The van der Waals surface area contributed by atoms with E-state index in [-0.39, 0.29) is 0 Å². The van der Waals surface area contributed by atoms with Crippen molar-refractivity contribution in [3.8, 4) is 0 Å². The molecule has 1 nitrogen and oxygen atoms in total. The van der Waals surface area contributed by atoms with E-state index in [1.165, 1.54) is 26.5 Å². The Hall–Kier alpha value is -0.550. The van der Waals surface area contributed by atoms with E-state index < -0.39 is 0 Å². The van der Waals surface area contributed by atoms with Crippen LogP contribution in [0.4, 0.5) is 0 Å². The zero-order valence-corrected chi connectivity index (χ0v) is 16.6. The summed E-state index contributed by atoms with van der Waals surface area (Å²) in [5.74, 6) is 0. The van der Waals surface area contributed by atoms with Crippen molar-refractivity contribution in [2.24, 2.45) is 0 Å². The van der Waals surface area contributed by atoms with Gasteiger partial charge in [0.2, 0.25) is 0 Å². The maximum Gasteiger partial charge on any atom is 0.0201 e. The van der Waals surface area contributed by atoms with Crippen LogP contribution in [0.3, 0.4) is 0 Å². The Kier molecular flexibility index (Phi) is 5.13. The maximum absolute atomic E-state index is 3.61. The fourth-order valence-corrected chi connectivity index (χ4v) is 4.34. The first kappa shape index (κ1) is 16.3. The van der Waals surface area contributed by atoms with Gasteiger partial charge in [-0.2, -0.15) is 0 Å². The zero-order valence-electron chi connectivity index (χ0n) is 12.6. The molecule has 0 aliphatic carbocycles. The number of hydrogen-bond acceptors (Lipinski definition) is 2. The summed E-state index contributed by atoms with van der Waals surface area (Å²) in [5.41, 5.74) is 3.99. The summed E-state index contributed by atoms with van der Waals surface area (Å²) in [6.07, 6.45) is 3.42. The van der Waals surface area contributed by atoms with E-state index in [9.17, 15) is 0 Å². The number of nitrogens with zero attached hydrogens (tertiary/aromatic N) is 1. The van der Waals surface area contributed by atoms with Gasteiger partial charge in [0.15, 0.2) is 0 Å². The molecule has 0 unspecified atom stereocenters. The molecule has 0 N–H and O–H groups in total. The first-order chi connectivity index (χ1) is 10.5. The van der Waals surface area contributed by atoms with Crippen molar-refractivity contribution in [3.05, 3.63) is 62.5 Å². The smallest absolute Gasteiger partial charge is 0.0201 e. The first-order valence-electron chi connectivity index (χ1n) is 7.17. The molecule has 3 rings (SSSR count). The lowest BCUT2D eigenvalue weighted by atomic mass is 9.96. The van der Waals surface area contributed by atoms with Crippen LogP contribution in [0.2, 0.25) is 0 Å². The second kappa shape index (κ2) is 6.91. The minimum absolute atomic E-state index is 1.05. The van der Waals surface area contributed by atoms with Crippen molar-refractivity contribution >= 4 is 49.2 Å². The van der Waals surface area contributed by atoms with E-state index in [1.807, 2.05) is 11.8 Å². The molecule has 0 aromatic heterocycles. The fraction of sp³-hybridized carbons (Fsp3) is 0.222. The molecule has 1 aliphatic heterocycles. The molecule has 0 bridgehead atoms. The minimum Gasteiger partial charge on any atom is -0.309 e. The van der Waals surface area contributed by atoms with Gasteiger partial charge in [0.05, 0.1) is 0 Å². The molecule has 22 heavy (non-hydrogen) atoms. The lowest BCUT2D eigenvalue weighted by molar-refractivity contribution is 0.417. The van der Waals surface area contributed by atoms with Gasteiger partial charge in [-0.25, -0.2) is 0 Å². The Morgan fingerprint density at radius 1 is 0.955 bits per heavy atom. The van der Waals surface area contributed by atoms with Gasteiger partial charge >= 0.3 is 0 Å². The third-order valence-corrected chi connectivity index (χ3v) is 5.75. The Morgan fingerprint density at radius 2 is 1.50 bits per heavy atom. The van der Waals surface area contributed by atoms with Crippen molar-refractivity contribution in [2.45, 2.75) is 16.2 Å². The topological polar surface area (TPSA) is 3.24 Å².